The fourth-order valence-corrected chi connectivity index (χ4v) is 5.16. The Bertz CT molecular complexity index is 850. The molecule has 0 aliphatic carbocycles. The molecule has 0 saturated carbocycles. The Morgan fingerprint density at radius 3 is 2.52 bits per heavy atom. The Labute approximate surface area is 194 Å². The summed E-state index contributed by atoms with van der Waals surface area (Å²) in [6.07, 6.45) is 2.06. The average Bonchev–Trinajstić information content (AvgIpc) is 3.24. The number of halogens is 1. The summed E-state index contributed by atoms with van der Waals surface area (Å²) < 4.78 is 24.8. The van der Waals surface area contributed by atoms with E-state index in [1.807, 2.05) is 13.0 Å². The Morgan fingerprint density at radius 1 is 1.17 bits per heavy atom. The first kappa shape index (κ1) is 23.9. The van der Waals surface area contributed by atoms with Crippen molar-refractivity contribution < 1.29 is 8.42 Å². The van der Waals surface area contributed by atoms with Crippen LogP contribution in [0.4, 0.5) is 5.00 Å². The number of anilines is 1. The van der Waals surface area contributed by atoms with Crippen molar-refractivity contribution in [2.45, 2.75) is 30.7 Å². The summed E-state index contributed by atoms with van der Waals surface area (Å²) in [6, 6.07) is 13.1. The van der Waals surface area contributed by atoms with Crippen molar-refractivity contribution >= 4 is 56.1 Å². The molecule has 0 atom stereocenters. The van der Waals surface area contributed by atoms with Gasteiger partial charge in [-0.2, -0.15) is 0 Å². The van der Waals surface area contributed by atoms with Crippen molar-refractivity contribution in [3.63, 3.8) is 0 Å². The largest absolute Gasteiger partial charge is 0.363 e. The highest BCUT2D eigenvalue weighted by Gasteiger charge is 2.21. The van der Waals surface area contributed by atoms with Crippen molar-refractivity contribution in [3.05, 3.63) is 47.8 Å². The third-order valence-electron chi connectivity index (χ3n) is 4.73. The molecule has 2 N–H and O–H groups in total. The first-order valence-electron chi connectivity index (χ1n) is 9.69. The van der Waals surface area contributed by atoms with Crippen LogP contribution in [0, 0.1) is 0 Å². The van der Waals surface area contributed by atoms with E-state index in [4.69, 9.17) is 0 Å². The van der Waals surface area contributed by atoms with Crippen molar-refractivity contribution in [2.24, 2.45) is 4.99 Å². The molecule has 0 spiro atoms. The number of benzene rings is 1. The van der Waals surface area contributed by atoms with Gasteiger partial charge in [0.2, 0.25) is 0 Å². The molecule has 3 rings (SSSR count). The molecule has 2 heterocycles. The second kappa shape index (κ2) is 11.8. The summed E-state index contributed by atoms with van der Waals surface area (Å²) in [5.74, 6) is 0.699. The fourth-order valence-electron chi connectivity index (χ4n) is 3.23. The van der Waals surface area contributed by atoms with Crippen LogP contribution in [-0.4, -0.2) is 52.4 Å². The van der Waals surface area contributed by atoms with Crippen LogP contribution in [0.25, 0.3) is 0 Å². The summed E-state index contributed by atoms with van der Waals surface area (Å²) in [7, 11) is -3.30. The van der Waals surface area contributed by atoms with Crippen LogP contribution in [0.3, 0.4) is 0 Å². The van der Waals surface area contributed by atoms with Gasteiger partial charge in [-0.25, -0.2) is 8.42 Å². The molecule has 9 heteroatoms. The number of hydrogen-bond acceptors (Lipinski definition) is 5. The minimum atomic E-state index is -3.30. The molecule has 1 fully saturated rings. The van der Waals surface area contributed by atoms with Gasteiger partial charge >= 0.3 is 0 Å². The lowest BCUT2D eigenvalue weighted by Gasteiger charge is -2.33. The molecular formula is C20H29IN4O2S2. The molecule has 6 nitrogen and oxygen atoms in total. The summed E-state index contributed by atoms with van der Waals surface area (Å²) in [5, 5.41) is 10.1. The summed E-state index contributed by atoms with van der Waals surface area (Å²) in [4.78, 5) is 7.26. The van der Waals surface area contributed by atoms with Gasteiger partial charge in [0.15, 0.2) is 15.8 Å². The van der Waals surface area contributed by atoms with Gasteiger partial charge < -0.3 is 15.5 Å². The maximum absolute atomic E-state index is 12.4. The molecule has 2 aromatic rings. The average molecular weight is 549 g/mol. The summed E-state index contributed by atoms with van der Waals surface area (Å²) in [5.41, 5.74) is 0. The predicted molar refractivity (Wildman–Crippen MR) is 133 cm³/mol. The Kier molecular flexibility index (Phi) is 9.70. The topological polar surface area (TPSA) is 73.8 Å². The number of hydrogen-bond donors (Lipinski definition) is 2. The van der Waals surface area contributed by atoms with E-state index in [1.165, 1.54) is 5.00 Å². The van der Waals surface area contributed by atoms with E-state index in [0.29, 0.717) is 16.9 Å². The smallest absolute Gasteiger partial charge is 0.191 e. The van der Waals surface area contributed by atoms with E-state index < -0.39 is 9.84 Å². The lowest BCUT2D eigenvalue weighted by atomic mass is 10.1. The number of aliphatic imine (C=N–C) groups is 1. The van der Waals surface area contributed by atoms with E-state index in [2.05, 4.69) is 38.0 Å². The summed E-state index contributed by atoms with van der Waals surface area (Å²) >= 11 is 1.78. The number of piperidine rings is 1. The Hall–Kier alpha value is -1.33. The predicted octanol–water partition coefficient (Wildman–Crippen LogP) is 3.36. The highest BCUT2D eigenvalue weighted by atomic mass is 127. The minimum Gasteiger partial charge on any atom is -0.363 e. The monoisotopic (exact) mass is 548 g/mol. The molecule has 0 bridgehead atoms. The highest BCUT2D eigenvalue weighted by molar-refractivity contribution is 14.0. The van der Waals surface area contributed by atoms with E-state index in [-0.39, 0.29) is 36.3 Å². The van der Waals surface area contributed by atoms with Gasteiger partial charge in [-0.1, -0.05) is 18.2 Å². The van der Waals surface area contributed by atoms with Crippen LogP contribution in [0.2, 0.25) is 0 Å². The number of guanidine groups is 1. The van der Waals surface area contributed by atoms with Gasteiger partial charge in [-0.15, -0.1) is 35.3 Å². The number of rotatable bonds is 7. The van der Waals surface area contributed by atoms with Gasteiger partial charge in [0, 0.05) is 25.7 Å². The van der Waals surface area contributed by atoms with Crippen LogP contribution >= 0.6 is 35.3 Å². The number of nitrogens with zero attached hydrogens (tertiary/aromatic N) is 2. The summed E-state index contributed by atoms with van der Waals surface area (Å²) in [6.45, 7) is 5.02. The molecule has 1 saturated heterocycles. The van der Waals surface area contributed by atoms with Crippen LogP contribution in [0.1, 0.15) is 19.8 Å². The van der Waals surface area contributed by atoms with Gasteiger partial charge in [-0.3, -0.25) is 4.99 Å². The molecule has 0 unspecified atom stereocenters. The highest BCUT2D eigenvalue weighted by Crippen LogP contribution is 2.24. The Morgan fingerprint density at radius 2 is 1.90 bits per heavy atom. The normalized spacial score (nSPS) is 15.6. The quantitative estimate of drug-likeness (QED) is 0.316. The van der Waals surface area contributed by atoms with Crippen molar-refractivity contribution in [1.29, 1.82) is 0 Å². The van der Waals surface area contributed by atoms with Gasteiger partial charge in [0.1, 0.15) is 0 Å². The zero-order valence-electron chi connectivity index (χ0n) is 16.6. The SMILES string of the molecule is CCNC(=NCCS(=O)(=O)c1ccccc1)NC1CCN(c2cccs2)CC1.I. The van der Waals surface area contributed by atoms with E-state index in [1.54, 1.807) is 35.6 Å². The molecule has 1 aromatic heterocycles. The van der Waals surface area contributed by atoms with Crippen LogP contribution in [0.15, 0.2) is 57.7 Å². The van der Waals surface area contributed by atoms with Crippen molar-refractivity contribution in [1.82, 2.24) is 10.6 Å². The van der Waals surface area contributed by atoms with Gasteiger partial charge in [0.25, 0.3) is 0 Å². The maximum Gasteiger partial charge on any atom is 0.191 e. The van der Waals surface area contributed by atoms with Gasteiger partial charge in [-0.05, 0) is 49.4 Å². The number of sulfone groups is 1. The van der Waals surface area contributed by atoms with Crippen LogP contribution in [0.5, 0.6) is 0 Å². The van der Waals surface area contributed by atoms with Crippen molar-refractivity contribution in [2.75, 3.05) is 36.8 Å². The second-order valence-corrected chi connectivity index (χ2v) is 9.78. The second-order valence-electron chi connectivity index (χ2n) is 6.75. The zero-order valence-corrected chi connectivity index (χ0v) is 20.5. The first-order valence-corrected chi connectivity index (χ1v) is 12.2. The lowest BCUT2D eigenvalue weighted by molar-refractivity contribution is 0.463. The minimum absolute atomic E-state index is 0. The zero-order chi connectivity index (χ0) is 19.8. The fraction of sp³-hybridized carbons (Fsp3) is 0.450. The standard InChI is InChI=1S/C20H28N4O2S2.HI/c1-2-21-20(22-12-16-28(25,26)18-7-4-3-5-8-18)23-17-10-13-24(14-11-17)19-9-6-15-27-19;/h3-9,15,17H,2,10-14,16H2,1H3,(H2,21,22,23);1H. The van der Waals surface area contributed by atoms with E-state index >= 15 is 0 Å². The third-order valence-corrected chi connectivity index (χ3v) is 7.37. The van der Waals surface area contributed by atoms with Gasteiger partial charge in [0.05, 0.1) is 22.2 Å². The van der Waals surface area contributed by atoms with Crippen LogP contribution in [-0.2, 0) is 9.84 Å². The molecule has 1 aliphatic rings. The van der Waals surface area contributed by atoms with E-state index in [9.17, 15) is 8.42 Å². The molecular weight excluding hydrogens is 519 g/mol. The van der Waals surface area contributed by atoms with E-state index in [0.717, 1.165) is 32.5 Å². The third kappa shape index (κ3) is 7.14. The Balaban J connectivity index is 0.00000300. The molecule has 0 amide bonds. The first-order chi connectivity index (χ1) is 13.6. The molecule has 160 valence electrons. The van der Waals surface area contributed by atoms with Crippen molar-refractivity contribution in [3.8, 4) is 0 Å². The molecule has 29 heavy (non-hydrogen) atoms. The number of thiophene rings is 1. The maximum atomic E-state index is 12.4. The molecule has 0 radical (unpaired) electrons. The molecule has 1 aromatic carbocycles. The van der Waals surface area contributed by atoms with Crippen LogP contribution < -0.4 is 15.5 Å². The molecule has 1 aliphatic heterocycles. The lowest BCUT2D eigenvalue weighted by Crippen LogP contribution is -2.48. The number of nitrogens with one attached hydrogen (secondary N) is 2.